The monoisotopic (exact) mass is 507 g/mol. The first kappa shape index (κ1) is 20.9. The van der Waals surface area contributed by atoms with Gasteiger partial charge in [0.25, 0.3) is 0 Å². The molecule has 2 aliphatic rings. The van der Waals surface area contributed by atoms with Crippen molar-refractivity contribution < 1.29 is 19.0 Å². The lowest BCUT2D eigenvalue weighted by molar-refractivity contribution is -0.118. The number of hydrogen-bond acceptors (Lipinski definition) is 7. The summed E-state index contributed by atoms with van der Waals surface area (Å²) in [5, 5.41) is 20.3. The van der Waals surface area contributed by atoms with Gasteiger partial charge in [0.05, 0.1) is 25.5 Å². The second-order valence-electron chi connectivity index (χ2n) is 7.62. The number of fused-ring (bicyclic) bond motifs is 4. The lowest BCUT2D eigenvalue weighted by atomic mass is 9.68. The summed E-state index contributed by atoms with van der Waals surface area (Å²) in [7, 11) is 3.09. The van der Waals surface area contributed by atoms with Crippen LogP contribution < -0.4 is 25.3 Å². The molecule has 3 heterocycles. The number of amides is 1. The molecule has 0 fully saturated rings. The van der Waals surface area contributed by atoms with Crippen LogP contribution in [-0.2, 0) is 10.2 Å². The van der Waals surface area contributed by atoms with Crippen LogP contribution >= 0.6 is 15.9 Å². The molecule has 33 heavy (non-hydrogen) atoms. The van der Waals surface area contributed by atoms with Crippen LogP contribution in [0.3, 0.4) is 0 Å². The van der Waals surface area contributed by atoms with Gasteiger partial charge in [-0.25, -0.2) is 0 Å². The third-order valence-electron chi connectivity index (χ3n) is 6.02. The molecular weight excluding hydrogens is 490 g/mol. The average Bonchev–Trinajstić information content (AvgIpc) is 3.36. The van der Waals surface area contributed by atoms with Gasteiger partial charge >= 0.3 is 0 Å². The van der Waals surface area contributed by atoms with Crippen molar-refractivity contribution in [2.75, 3.05) is 19.5 Å². The Bertz CT molecular complexity index is 1420. The fourth-order valence-corrected chi connectivity index (χ4v) is 5.16. The summed E-state index contributed by atoms with van der Waals surface area (Å²) in [5.41, 5.74) is 7.94. The number of nitrogens with two attached hydrogens (primary N) is 1. The van der Waals surface area contributed by atoms with E-state index in [0.29, 0.717) is 44.0 Å². The molecule has 10 heteroatoms. The molecule has 0 aliphatic carbocycles. The predicted octanol–water partition coefficient (Wildman–Crippen LogP) is 3.49. The summed E-state index contributed by atoms with van der Waals surface area (Å²) in [6.45, 7) is 1.90. The second kappa shape index (κ2) is 7.28. The molecule has 0 unspecified atom stereocenters. The summed E-state index contributed by atoms with van der Waals surface area (Å²) in [5.74, 6) is 0.571. The Morgan fingerprint density at radius 2 is 2.00 bits per heavy atom. The van der Waals surface area contributed by atoms with Crippen LogP contribution in [-0.4, -0.2) is 30.3 Å². The number of benzene rings is 2. The number of aryl methyl sites for hydroxylation is 1. The van der Waals surface area contributed by atoms with Crippen LogP contribution in [0.15, 0.2) is 46.3 Å². The van der Waals surface area contributed by atoms with Crippen LogP contribution in [0.4, 0.5) is 5.69 Å². The zero-order valence-corrected chi connectivity index (χ0v) is 19.5. The van der Waals surface area contributed by atoms with Gasteiger partial charge in [0.1, 0.15) is 28.6 Å². The highest BCUT2D eigenvalue weighted by atomic mass is 79.9. The molecule has 0 saturated heterocycles. The smallest absolute Gasteiger partial charge is 0.245 e. The molecule has 1 aromatic heterocycles. The first-order chi connectivity index (χ1) is 15.9. The highest BCUT2D eigenvalue weighted by Crippen LogP contribution is 2.58. The normalized spacial score (nSPS) is 18.3. The molecule has 1 atom stereocenters. The number of H-pyrrole nitrogens is 1. The lowest BCUT2D eigenvalue weighted by Crippen LogP contribution is -2.42. The van der Waals surface area contributed by atoms with E-state index in [-0.39, 0.29) is 17.3 Å². The number of aromatic nitrogens is 2. The van der Waals surface area contributed by atoms with Crippen molar-refractivity contribution in [1.29, 1.82) is 5.26 Å². The molecular formula is C23H18BrN5O4. The minimum Gasteiger partial charge on any atom is -0.497 e. The number of nitrogens with one attached hydrogen (secondary N) is 2. The molecule has 166 valence electrons. The number of nitrogens with zero attached hydrogens (tertiary/aromatic N) is 2. The van der Waals surface area contributed by atoms with E-state index >= 15 is 0 Å². The van der Waals surface area contributed by atoms with Gasteiger partial charge in [0.15, 0.2) is 0 Å². The van der Waals surface area contributed by atoms with Crippen LogP contribution in [0.25, 0.3) is 11.3 Å². The van der Waals surface area contributed by atoms with Gasteiger partial charge in [0.2, 0.25) is 17.7 Å². The molecule has 0 radical (unpaired) electrons. The first-order valence-electron chi connectivity index (χ1n) is 9.88. The number of methoxy groups -OCH3 is 2. The van der Waals surface area contributed by atoms with Crippen molar-refractivity contribution in [3.8, 4) is 34.7 Å². The van der Waals surface area contributed by atoms with Crippen molar-refractivity contribution >= 4 is 27.5 Å². The Morgan fingerprint density at radius 3 is 2.70 bits per heavy atom. The van der Waals surface area contributed by atoms with Crippen LogP contribution in [0, 0.1) is 18.3 Å². The van der Waals surface area contributed by atoms with E-state index in [4.69, 9.17) is 19.9 Å². The Kier molecular flexibility index (Phi) is 4.61. The molecule has 0 saturated carbocycles. The van der Waals surface area contributed by atoms with Crippen LogP contribution in [0.1, 0.15) is 16.7 Å². The topological polar surface area (TPSA) is 135 Å². The number of rotatable bonds is 3. The van der Waals surface area contributed by atoms with Crippen molar-refractivity contribution in [3.63, 3.8) is 0 Å². The van der Waals surface area contributed by atoms with Crippen molar-refractivity contribution in [1.82, 2.24) is 10.2 Å². The number of nitriles is 1. The number of anilines is 1. The fourth-order valence-electron chi connectivity index (χ4n) is 4.51. The van der Waals surface area contributed by atoms with Gasteiger partial charge < -0.3 is 25.3 Å². The van der Waals surface area contributed by atoms with Crippen molar-refractivity contribution in [2.24, 2.45) is 5.73 Å². The summed E-state index contributed by atoms with van der Waals surface area (Å²) in [4.78, 5) is 13.8. The van der Waals surface area contributed by atoms with Crippen LogP contribution in [0.5, 0.6) is 17.4 Å². The van der Waals surface area contributed by atoms with E-state index in [0.717, 1.165) is 5.56 Å². The van der Waals surface area contributed by atoms with Gasteiger partial charge in [0, 0.05) is 21.3 Å². The molecule has 5 rings (SSSR count). The van der Waals surface area contributed by atoms with Gasteiger partial charge in [-0.3, -0.25) is 9.89 Å². The molecule has 9 nitrogen and oxygen atoms in total. The molecule has 1 spiro atoms. The van der Waals surface area contributed by atoms with Gasteiger partial charge in [-0.05, 0) is 36.8 Å². The maximum atomic E-state index is 13.8. The highest BCUT2D eigenvalue weighted by Gasteiger charge is 2.60. The van der Waals surface area contributed by atoms with E-state index in [9.17, 15) is 10.1 Å². The van der Waals surface area contributed by atoms with Crippen molar-refractivity contribution in [3.05, 3.63) is 63.0 Å². The standard InChI is InChI=1S/C23H18BrN5O4/c1-10-4-6-14-16(18(10)24)23(22(30)27-14)13(9-25)20(26)33-21-17(23)19(28-29-21)12-8-11(31-2)5-7-15(12)32-3/h4-8H,26H2,1-3H3,(H,27,30)(H,28,29)/t23-/m0/s1. The molecule has 3 aromatic rings. The third kappa shape index (κ3) is 2.63. The molecule has 2 aliphatic heterocycles. The number of carbonyl (C=O) groups is 1. The zero-order chi connectivity index (χ0) is 23.5. The maximum absolute atomic E-state index is 13.8. The number of ether oxygens (including phenoxy) is 3. The quantitative estimate of drug-likeness (QED) is 0.493. The number of carbonyl (C=O) groups excluding carboxylic acids is 1. The summed E-state index contributed by atoms with van der Waals surface area (Å²) < 4.78 is 17.4. The molecule has 4 N–H and O–H groups in total. The zero-order valence-electron chi connectivity index (χ0n) is 17.9. The summed E-state index contributed by atoms with van der Waals surface area (Å²) in [6.07, 6.45) is 0. The number of hydrogen-bond donors (Lipinski definition) is 3. The summed E-state index contributed by atoms with van der Waals surface area (Å²) in [6, 6.07) is 11.1. The molecule has 2 aromatic carbocycles. The van der Waals surface area contributed by atoms with Gasteiger partial charge in [-0.1, -0.05) is 22.0 Å². The van der Waals surface area contributed by atoms with Gasteiger partial charge in [-0.15, -0.1) is 5.10 Å². The highest BCUT2D eigenvalue weighted by molar-refractivity contribution is 9.10. The Balaban J connectivity index is 1.93. The lowest BCUT2D eigenvalue weighted by Gasteiger charge is -2.32. The first-order valence-corrected chi connectivity index (χ1v) is 10.7. The van der Waals surface area contributed by atoms with E-state index in [1.807, 2.05) is 13.0 Å². The minimum atomic E-state index is -1.59. The average molecular weight is 508 g/mol. The fraction of sp³-hybridized carbons (Fsp3) is 0.174. The van der Waals surface area contributed by atoms with E-state index in [1.54, 1.807) is 31.4 Å². The van der Waals surface area contributed by atoms with E-state index in [2.05, 4.69) is 37.5 Å². The predicted molar refractivity (Wildman–Crippen MR) is 123 cm³/mol. The van der Waals surface area contributed by atoms with Crippen LogP contribution in [0.2, 0.25) is 0 Å². The number of aromatic amines is 1. The Morgan fingerprint density at radius 1 is 1.21 bits per heavy atom. The minimum absolute atomic E-state index is 0.0259. The van der Waals surface area contributed by atoms with Gasteiger partial charge in [-0.2, -0.15) is 5.26 Å². The summed E-state index contributed by atoms with van der Waals surface area (Å²) >= 11 is 3.64. The second-order valence-corrected chi connectivity index (χ2v) is 8.41. The maximum Gasteiger partial charge on any atom is 0.245 e. The Labute approximate surface area is 197 Å². The molecule has 1 amide bonds. The largest absolute Gasteiger partial charge is 0.497 e. The van der Waals surface area contributed by atoms with Crippen molar-refractivity contribution in [2.45, 2.75) is 12.3 Å². The Hall–Kier alpha value is -3.97. The van der Waals surface area contributed by atoms with E-state index < -0.39 is 11.3 Å². The number of halogens is 1. The third-order valence-corrected chi connectivity index (χ3v) is 7.04. The van der Waals surface area contributed by atoms with E-state index in [1.165, 1.54) is 7.11 Å². The SMILES string of the molecule is COc1ccc(OC)c(-c2[nH]nc3c2[C@]2(C(=O)Nc4ccc(C)c(Br)c42)C(C#N)=C(N)O3)c1. The molecule has 0 bridgehead atoms.